The van der Waals surface area contributed by atoms with Crippen molar-refractivity contribution in [3.8, 4) is 5.82 Å². The van der Waals surface area contributed by atoms with Crippen molar-refractivity contribution in [3.63, 3.8) is 0 Å². The van der Waals surface area contributed by atoms with Gasteiger partial charge in [0.05, 0.1) is 17.8 Å². The molecule has 4 aromatic rings. The van der Waals surface area contributed by atoms with Gasteiger partial charge in [0.15, 0.2) is 5.11 Å². The first-order chi connectivity index (χ1) is 17.9. The van der Waals surface area contributed by atoms with Crippen LogP contribution in [0.1, 0.15) is 41.1 Å². The molecule has 9 heteroatoms. The summed E-state index contributed by atoms with van der Waals surface area (Å²) in [6, 6.07) is 19.2. The third kappa shape index (κ3) is 5.08. The summed E-state index contributed by atoms with van der Waals surface area (Å²) < 4.78 is 15.4. The number of amides is 1. The van der Waals surface area contributed by atoms with Crippen molar-refractivity contribution in [2.45, 2.75) is 32.4 Å². The average molecular weight is 515 g/mol. The maximum Gasteiger partial charge on any atom is 0.226 e. The van der Waals surface area contributed by atoms with E-state index in [-0.39, 0.29) is 30.2 Å². The highest BCUT2D eigenvalue weighted by Crippen LogP contribution is 2.41. The van der Waals surface area contributed by atoms with Crippen molar-refractivity contribution in [1.29, 1.82) is 0 Å². The predicted molar refractivity (Wildman–Crippen MR) is 145 cm³/mol. The van der Waals surface area contributed by atoms with Gasteiger partial charge in [0.25, 0.3) is 0 Å². The number of aromatic nitrogens is 3. The second-order valence-corrected chi connectivity index (χ2v) is 9.36. The summed E-state index contributed by atoms with van der Waals surface area (Å²) in [6.07, 6.45) is 3.76. The van der Waals surface area contributed by atoms with Crippen molar-refractivity contribution in [2.24, 2.45) is 0 Å². The minimum absolute atomic E-state index is 0.173. The monoisotopic (exact) mass is 514 g/mol. The number of halogens is 1. The molecule has 5 rings (SSSR count). The number of rotatable bonds is 7. The normalized spacial score (nSPS) is 17.1. The van der Waals surface area contributed by atoms with Crippen LogP contribution in [0.5, 0.6) is 0 Å². The molecule has 1 saturated heterocycles. The van der Waals surface area contributed by atoms with E-state index in [1.54, 1.807) is 24.5 Å². The average Bonchev–Trinajstić information content (AvgIpc) is 3.39. The molecule has 188 valence electrons. The fourth-order valence-corrected chi connectivity index (χ4v) is 5.22. The number of pyridine rings is 2. The zero-order valence-electron chi connectivity index (χ0n) is 20.6. The fourth-order valence-electron chi connectivity index (χ4n) is 4.89. The number of nitrogens with one attached hydrogen (secondary N) is 2. The molecule has 1 aliphatic rings. The van der Waals surface area contributed by atoms with Gasteiger partial charge < -0.3 is 20.1 Å². The van der Waals surface area contributed by atoms with E-state index in [0.717, 1.165) is 28.5 Å². The van der Waals surface area contributed by atoms with Gasteiger partial charge in [-0.05, 0) is 86.2 Å². The van der Waals surface area contributed by atoms with Gasteiger partial charge in [0.1, 0.15) is 11.6 Å². The molecular formula is C28H27FN6OS. The highest BCUT2D eigenvalue weighted by Gasteiger charge is 2.41. The van der Waals surface area contributed by atoms with Crippen LogP contribution in [0.3, 0.4) is 0 Å². The SMILES string of the molecule is Cc1cc(C2C(c3ccccn3)NC(=S)N2CCC(=O)Nc2ccc(F)cc2)c(C)n1-c1ccccn1. The van der Waals surface area contributed by atoms with E-state index in [0.29, 0.717) is 17.3 Å². The van der Waals surface area contributed by atoms with Crippen molar-refractivity contribution in [2.75, 3.05) is 11.9 Å². The molecule has 37 heavy (non-hydrogen) atoms. The molecule has 1 amide bonds. The number of nitrogens with zero attached hydrogens (tertiary/aromatic N) is 4. The van der Waals surface area contributed by atoms with E-state index in [1.165, 1.54) is 12.1 Å². The molecule has 0 radical (unpaired) electrons. The van der Waals surface area contributed by atoms with Crippen molar-refractivity contribution in [1.82, 2.24) is 24.8 Å². The Kier molecular flexibility index (Phi) is 6.96. The van der Waals surface area contributed by atoms with Crippen LogP contribution >= 0.6 is 12.2 Å². The summed E-state index contributed by atoms with van der Waals surface area (Å²) >= 11 is 5.76. The van der Waals surface area contributed by atoms with Crippen LogP contribution in [0.15, 0.2) is 79.1 Å². The molecule has 0 spiro atoms. The number of hydrogen-bond donors (Lipinski definition) is 2. The lowest BCUT2D eigenvalue weighted by Crippen LogP contribution is -2.32. The number of benzene rings is 1. The molecule has 0 aliphatic carbocycles. The van der Waals surface area contributed by atoms with Crippen LogP contribution in [0.2, 0.25) is 0 Å². The highest BCUT2D eigenvalue weighted by molar-refractivity contribution is 7.80. The zero-order valence-corrected chi connectivity index (χ0v) is 21.4. The smallest absolute Gasteiger partial charge is 0.226 e. The summed E-state index contributed by atoms with van der Waals surface area (Å²) in [5.74, 6) is 0.323. The largest absolute Gasteiger partial charge is 0.352 e. The first kappa shape index (κ1) is 24.6. The first-order valence-corrected chi connectivity index (χ1v) is 12.5. The van der Waals surface area contributed by atoms with Crippen LogP contribution in [0.25, 0.3) is 5.82 Å². The lowest BCUT2D eigenvalue weighted by Gasteiger charge is -2.28. The minimum atomic E-state index is -0.349. The first-order valence-electron chi connectivity index (χ1n) is 12.1. The molecule has 2 atom stereocenters. The van der Waals surface area contributed by atoms with Gasteiger partial charge in [-0.2, -0.15) is 0 Å². The van der Waals surface area contributed by atoms with E-state index >= 15 is 0 Å². The van der Waals surface area contributed by atoms with Gasteiger partial charge in [-0.3, -0.25) is 9.78 Å². The Bertz CT molecular complexity index is 1410. The topological polar surface area (TPSA) is 75.1 Å². The summed E-state index contributed by atoms with van der Waals surface area (Å²) in [5.41, 5.74) is 4.61. The third-order valence-electron chi connectivity index (χ3n) is 6.57. The van der Waals surface area contributed by atoms with Crippen molar-refractivity contribution >= 4 is 28.9 Å². The third-order valence-corrected chi connectivity index (χ3v) is 6.93. The summed E-state index contributed by atoms with van der Waals surface area (Å²) in [4.78, 5) is 24.0. The van der Waals surface area contributed by atoms with Gasteiger partial charge in [0, 0.05) is 42.4 Å². The van der Waals surface area contributed by atoms with Crippen LogP contribution in [-0.4, -0.2) is 37.0 Å². The molecule has 0 saturated carbocycles. The van der Waals surface area contributed by atoms with E-state index < -0.39 is 0 Å². The van der Waals surface area contributed by atoms with Crippen LogP contribution in [-0.2, 0) is 4.79 Å². The predicted octanol–water partition coefficient (Wildman–Crippen LogP) is 5.02. The molecule has 3 aromatic heterocycles. The van der Waals surface area contributed by atoms with Crippen molar-refractivity contribution < 1.29 is 9.18 Å². The second kappa shape index (κ2) is 10.5. The minimum Gasteiger partial charge on any atom is -0.352 e. The van der Waals surface area contributed by atoms with Gasteiger partial charge in [0.2, 0.25) is 5.91 Å². The maximum atomic E-state index is 13.2. The summed E-state index contributed by atoms with van der Waals surface area (Å²) in [7, 11) is 0. The fraction of sp³-hybridized carbons (Fsp3) is 0.214. The van der Waals surface area contributed by atoms with Crippen LogP contribution < -0.4 is 10.6 Å². The molecule has 1 aliphatic heterocycles. The Morgan fingerprint density at radius 1 is 1.05 bits per heavy atom. The Hall–Kier alpha value is -4.11. The number of carbonyl (C=O) groups excluding carboxylic acids is 1. The molecule has 7 nitrogen and oxygen atoms in total. The Morgan fingerprint density at radius 3 is 2.46 bits per heavy atom. The van der Waals surface area contributed by atoms with E-state index in [1.807, 2.05) is 36.4 Å². The van der Waals surface area contributed by atoms with Gasteiger partial charge >= 0.3 is 0 Å². The number of anilines is 1. The number of hydrogen-bond acceptors (Lipinski definition) is 4. The lowest BCUT2D eigenvalue weighted by molar-refractivity contribution is -0.116. The number of aryl methyl sites for hydroxylation is 1. The Morgan fingerprint density at radius 2 is 1.78 bits per heavy atom. The van der Waals surface area contributed by atoms with Gasteiger partial charge in [-0.25, -0.2) is 9.37 Å². The Balaban J connectivity index is 1.45. The molecule has 2 N–H and O–H groups in total. The highest BCUT2D eigenvalue weighted by atomic mass is 32.1. The molecular weight excluding hydrogens is 487 g/mol. The maximum absolute atomic E-state index is 13.2. The van der Waals surface area contributed by atoms with Crippen LogP contribution in [0, 0.1) is 19.7 Å². The lowest BCUT2D eigenvalue weighted by atomic mass is 9.96. The van der Waals surface area contributed by atoms with E-state index in [2.05, 4.69) is 50.0 Å². The quantitative estimate of drug-likeness (QED) is 0.337. The van der Waals surface area contributed by atoms with E-state index in [9.17, 15) is 9.18 Å². The molecule has 2 unspecified atom stereocenters. The molecule has 4 heterocycles. The molecule has 1 fully saturated rings. The van der Waals surface area contributed by atoms with E-state index in [4.69, 9.17) is 12.2 Å². The number of thiocarbonyl (C=S) groups is 1. The van der Waals surface area contributed by atoms with Crippen molar-refractivity contribution in [3.05, 3.63) is 108 Å². The second-order valence-electron chi connectivity index (χ2n) is 8.97. The Labute approximate surface area is 220 Å². The van der Waals surface area contributed by atoms with Crippen LogP contribution in [0.4, 0.5) is 10.1 Å². The van der Waals surface area contributed by atoms with Gasteiger partial charge in [-0.1, -0.05) is 12.1 Å². The molecule has 1 aromatic carbocycles. The molecule has 0 bridgehead atoms. The number of carbonyl (C=O) groups is 1. The van der Waals surface area contributed by atoms with Gasteiger partial charge in [-0.15, -0.1) is 0 Å². The summed E-state index contributed by atoms with van der Waals surface area (Å²) in [6.45, 7) is 4.54. The summed E-state index contributed by atoms with van der Waals surface area (Å²) in [5, 5.41) is 6.84. The standard InChI is InChI=1S/C28H27FN6OS/c1-18-17-22(19(2)35(18)24-8-4-6-15-31-24)27-26(23-7-3-5-14-30-23)33-28(37)34(27)16-13-25(36)32-21-11-9-20(29)10-12-21/h3-12,14-15,17,26-27H,13,16H2,1-2H3,(H,32,36)(H,33,37). The zero-order chi connectivity index (χ0) is 25.9.